The molecule has 0 atom stereocenters. The number of para-hydroxylation sites is 2. The van der Waals surface area contributed by atoms with E-state index in [1.54, 1.807) is 0 Å². The van der Waals surface area contributed by atoms with Crippen molar-refractivity contribution < 1.29 is 4.57 Å². The summed E-state index contributed by atoms with van der Waals surface area (Å²) in [6.07, 6.45) is 3.65. The number of nitrogens with zero attached hydrogens (tertiary/aromatic N) is 4. The zero-order chi connectivity index (χ0) is 18.2. The quantitative estimate of drug-likeness (QED) is 0.457. The number of rotatable bonds is 3. The number of imidazole rings is 1. The molecule has 3 aromatic heterocycles. The third-order valence-electron chi connectivity index (χ3n) is 4.98. The van der Waals surface area contributed by atoms with E-state index in [2.05, 4.69) is 81.7 Å². The lowest BCUT2D eigenvalue weighted by Crippen LogP contribution is -2.34. The third-order valence-corrected chi connectivity index (χ3v) is 4.98. The highest BCUT2D eigenvalue weighted by molar-refractivity contribution is 5.77. The summed E-state index contributed by atoms with van der Waals surface area (Å²) >= 11 is 0. The Morgan fingerprint density at radius 2 is 1.63 bits per heavy atom. The van der Waals surface area contributed by atoms with Crippen LogP contribution >= 0.6 is 0 Å². The molecule has 0 bridgehead atoms. The predicted octanol–water partition coefficient (Wildman–Crippen LogP) is 4.19. The Morgan fingerprint density at radius 3 is 2.44 bits per heavy atom. The summed E-state index contributed by atoms with van der Waals surface area (Å²) < 4.78 is 4.39. The second-order valence-electron chi connectivity index (χ2n) is 6.71. The molecule has 0 N–H and O–H groups in total. The molecule has 4 heteroatoms. The molecule has 0 saturated carbocycles. The normalized spacial score (nSPS) is 11.3. The van der Waals surface area contributed by atoms with Gasteiger partial charge in [0.2, 0.25) is 5.52 Å². The molecule has 0 spiro atoms. The van der Waals surface area contributed by atoms with Crippen LogP contribution in [0.2, 0.25) is 0 Å². The molecule has 0 aliphatic carbocycles. The Kier molecular flexibility index (Phi) is 3.68. The van der Waals surface area contributed by atoms with E-state index >= 15 is 0 Å². The Hall–Kier alpha value is -3.53. The van der Waals surface area contributed by atoms with Gasteiger partial charge in [0.15, 0.2) is 5.52 Å². The van der Waals surface area contributed by atoms with Gasteiger partial charge in [0, 0.05) is 24.0 Å². The summed E-state index contributed by atoms with van der Waals surface area (Å²) in [5.74, 6) is 0. The molecular weight excluding hydrogens is 332 g/mol. The van der Waals surface area contributed by atoms with Crippen LogP contribution in [0, 0.1) is 6.92 Å². The fourth-order valence-electron chi connectivity index (χ4n) is 3.67. The van der Waals surface area contributed by atoms with E-state index < -0.39 is 0 Å². The van der Waals surface area contributed by atoms with Crippen LogP contribution in [0.15, 0.2) is 85.2 Å². The van der Waals surface area contributed by atoms with Gasteiger partial charge in [-0.1, -0.05) is 52.1 Å². The molecule has 5 rings (SSSR count). The number of fused-ring (bicyclic) bond motifs is 3. The first-order valence-corrected chi connectivity index (χ1v) is 9.06. The van der Waals surface area contributed by atoms with E-state index in [4.69, 9.17) is 5.10 Å². The van der Waals surface area contributed by atoms with Gasteiger partial charge in [0.1, 0.15) is 6.54 Å². The minimum absolute atomic E-state index is 0.804. The van der Waals surface area contributed by atoms with Gasteiger partial charge < -0.3 is 0 Å². The molecule has 2 aromatic carbocycles. The number of hydrogen-bond donors (Lipinski definition) is 0. The topological polar surface area (TPSA) is 34.1 Å². The molecule has 0 unspecified atom stereocenters. The summed E-state index contributed by atoms with van der Waals surface area (Å²) in [5, 5.41) is 4.92. The summed E-state index contributed by atoms with van der Waals surface area (Å²) in [7, 11) is 0. The molecule has 3 heterocycles. The van der Waals surface area contributed by atoms with Gasteiger partial charge in [-0.25, -0.2) is 4.57 Å². The molecule has 0 amide bonds. The molecule has 0 aliphatic heterocycles. The van der Waals surface area contributed by atoms with Gasteiger partial charge in [-0.15, -0.1) is 0 Å². The summed E-state index contributed by atoms with van der Waals surface area (Å²) in [4.78, 5) is 4.14. The number of benzene rings is 2. The van der Waals surface area contributed by atoms with Gasteiger partial charge in [-0.3, -0.25) is 4.98 Å². The molecule has 0 fully saturated rings. The smallest absolute Gasteiger partial charge is 0.265 e. The number of hydrogen-bond acceptors (Lipinski definition) is 2. The van der Waals surface area contributed by atoms with Gasteiger partial charge in [0.25, 0.3) is 0 Å². The van der Waals surface area contributed by atoms with E-state index in [0.29, 0.717) is 0 Å². The fourth-order valence-corrected chi connectivity index (χ4v) is 3.67. The minimum atomic E-state index is 0.804. The zero-order valence-electron chi connectivity index (χ0n) is 15.1. The van der Waals surface area contributed by atoms with Crippen LogP contribution in [-0.2, 0) is 6.54 Å². The number of aryl methyl sites for hydroxylation is 1. The Balaban J connectivity index is 1.80. The molecule has 0 aliphatic rings. The zero-order valence-corrected chi connectivity index (χ0v) is 15.1. The summed E-state index contributed by atoms with van der Waals surface area (Å²) in [5.41, 5.74) is 7.92. The van der Waals surface area contributed by atoms with Crippen LogP contribution < -0.4 is 4.57 Å². The van der Waals surface area contributed by atoms with Crippen molar-refractivity contribution >= 4 is 16.7 Å². The van der Waals surface area contributed by atoms with Crippen LogP contribution in [0.1, 0.15) is 11.3 Å². The van der Waals surface area contributed by atoms with Crippen LogP contribution in [-0.4, -0.2) is 14.6 Å². The van der Waals surface area contributed by atoms with E-state index in [0.717, 1.165) is 34.5 Å². The summed E-state index contributed by atoms with van der Waals surface area (Å²) in [6, 6.07) is 25.3. The van der Waals surface area contributed by atoms with Crippen molar-refractivity contribution in [3.63, 3.8) is 0 Å². The highest BCUT2D eigenvalue weighted by Crippen LogP contribution is 2.24. The van der Waals surface area contributed by atoms with E-state index in [1.165, 1.54) is 11.1 Å². The van der Waals surface area contributed by atoms with Gasteiger partial charge >= 0.3 is 5.65 Å². The molecule has 0 radical (unpaired) electrons. The lowest BCUT2D eigenvalue weighted by Gasteiger charge is -2.04. The van der Waals surface area contributed by atoms with E-state index in [9.17, 15) is 0 Å². The molecule has 5 aromatic rings. The Bertz CT molecular complexity index is 1240. The lowest BCUT2D eigenvalue weighted by atomic mass is 10.1. The van der Waals surface area contributed by atoms with Gasteiger partial charge in [-0.2, -0.15) is 0 Å². The van der Waals surface area contributed by atoms with E-state index in [-0.39, 0.29) is 0 Å². The van der Waals surface area contributed by atoms with Gasteiger partial charge in [0.05, 0.1) is 5.69 Å². The average molecular weight is 351 g/mol. The maximum atomic E-state index is 4.92. The Labute approximate surface area is 157 Å². The monoisotopic (exact) mass is 351 g/mol. The van der Waals surface area contributed by atoms with E-state index in [1.807, 2.05) is 24.5 Å². The minimum Gasteiger partial charge on any atom is -0.265 e. The predicted molar refractivity (Wildman–Crippen MR) is 106 cm³/mol. The van der Waals surface area contributed by atoms with Gasteiger partial charge in [-0.05, 0) is 42.3 Å². The molecular formula is C23H19N4+. The Morgan fingerprint density at radius 1 is 0.889 bits per heavy atom. The van der Waals surface area contributed by atoms with Crippen LogP contribution in [0.3, 0.4) is 0 Å². The van der Waals surface area contributed by atoms with Crippen molar-refractivity contribution in [2.24, 2.45) is 0 Å². The highest BCUT2D eigenvalue weighted by Gasteiger charge is 2.22. The second kappa shape index (κ2) is 6.32. The van der Waals surface area contributed by atoms with Crippen LogP contribution in [0.5, 0.6) is 0 Å². The van der Waals surface area contributed by atoms with Crippen molar-refractivity contribution in [1.82, 2.24) is 14.6 Å². The fraction of sp³-hybridized carbons (Fsp3) is 0.0870. The van der Waals surface area contributed by atoms with Crippen LogP contribution in [0.4, 0.5) is 0 Å². The average Bonchev–Trinajstić information content (AvgIpc) is 3.02. The molecule has 4 nitrogen and oxygen atoms in total. The van der Waals surface area contributed by atoms with Crippen molar-refractivity contribution in [3.8, 4) is 11.1 Å². The summed E-state index contributed by atoms with van der Waals surface area (Å²) in [6.45, 7) is 2.86. The highest BCUT2D eigenvalue weighted by atomic mass is 15.3. The maximum absolute atomic E-state index is 4.92. The maximum Gasteiger partial charge on any atom is 0.309 e. The molecule has 130 valence electrons. The first-order valence-electron chi connectivity index (χ1n) is 9.06. The van der Waals surface area contributed by atoms with Crippen molar-refractivity contribution in [2.75, 3.05) is 0 Å². The third kappa shape index (κ3) is 2.66. The second-order valence-corrected chi connectivity index (χ2v) is 6.71. The number of pyridine rings is 1. The first-order chi connectivity index (χ1) is 13.3. The first kappa shape index (κ1) is 15.7. The largest absolute Gasteiger partial charge is 0.309 e. The van der Waals surface area contributed by atoms with Crippen molar-refractivity contribution in [1.29, 1.82) is 0 Å². The number of aromatic nitrogens is 4. The SMILES string of the molecule is Cc1nn2c3ccccc3[n+](Cc3ccccc3)c2cc1-c1ccncc1. The molecule has 27 heavy (non-hydrogen) atoms. The van der Waals surface area contributed by atoms with Crippen LogP contribution in [0.25, 0.3) is 27.8 Å². The van der Waals surface area contributed by atoms with Crippen molar-refractivity contribution in [3.05, 3.63) is 96.4 Å². The lowest BCUT2D eigenvalue weighted by molar-refractivity contribution is -0.636. The molecule has 0 saturated heterocycles. The standard InChI is InChI=1S/C23H19N4/c1-17-20(19-11-13-24-14-12-19)15-23-26(16-18-7-3-2-4-8-18)21-9-5-6-10-22(21)27(23)25-17/h2-15H,16H2,1H3/q+1. The van der Waals surface area contributed by atoms with Crippen molar-refractivity contribution in [2.45, 2.75) is 13.5 Å².